The van der Waals surface area contributed by atoms with E-state index in [1.165, 1.54) is 16.8 Å². The molecular formula is C11H15N3O2S. The van der Waals surface area contributed by atoms with Crippen molar-refractivity contribution in [1.82, 2.24) is 9.62 Å². The van der Waals surface area contributed by atoms with E-state index >= 15 is 0 Å². The predicted molar refractivity (Wildman–Crippen MR) is 68.4 cm³/mol. The average Bonchev–Trinajstić information content (AvgIpc) is 2.35. The van der Waals surface area contributed by atoms with Crippen LogP contribution >= 0.6 is 11.9 Å². The molecule has 0 spiro atoms. The van der Waals surface area contributed by atoms with Crippen LogP contribution in [0.15, 0.2) is 29.2 Å². The van der Waals surface area contributed by atoms with Gasteiger partial charge in [0.2, 0.25) is 0 Å². The molecule has 0 unspecified atom stereocenters. The first-order valence-corrected chi connectivity index (χ1v) is 5.73. The molecule has 0 radical (unpaired) electrons. The first-order valence-electron chi connectivity index (χ1n) is 4.91. The zero-order chi connectivity index (χ0) is 12.8. The Hall–Kier alpha value is -1.69. The van der Waals surface area contributed by atoms with Crippen molar-refractivity contribution < 1.29 is 9.53 Å². The number of nitrogens with one attached hydrogen (secondary N) is 2. The van der Waals surface area contributed by atoms with Crippen LogP contribution in [0.25, 0.3) is 0 Å². The van der Waals surface area contributed by atoms with Crippen molar-refractivity contribution in [3.63, 3.8) is 0 Å². The summed E-state index contributed by atoms with van der Waals surface area (Å²) in [7, 11) is 4.91. The summed E-state index contributed by atoms with van der Waals surface area (Å²) in [6, 6.07) is 7.30. The van der Waals surface area contributed by atoms with Crippen molar-refractivity contribution in [2.45, 2.75) is 4.90 Å². The second-order valence-corrected chi connectivity index (χ2v) is 4.33. The highest BCUT2D eigenvalue weighted by atomic mass is 32.2. The van der Waals surface area contributed by atoms with Gasteiger partial charge in [-0.05, 0) is 36.2 Å². The summed E-state index contributed by atoms with van der Waals surface area (Å²) in [5, 5.41) is 7.46. The Balaban J connectivity index is 2.50. The van der Waals surface area contributed by atoms with Crippen LogP contribution in [0.5, 0.6) is 5.75 Å². The Morgan fingerprint density at radius 2 is 1.94 bits per heavy atom. The van der Waals surface area contributed by atoms with E-state index in [4.69, 9.17) is 10.1 Å². The molecule has 6 heteroatoms. The normalized spacial score (nSPS) is 9.59. The molecule has 0 aliphatic rings. The second kappa shape index (κ2) is 6.15. The van der Waals surface area contributed by atoms with Gasteiger partial charge in [-0.15, -0.1) is 0 Å². The maximum absolute atomic E-state index is 11.5. The lowest BCUT2D eigenvalue weighted by molar-refractivity contribution is -0.113. The standard InChI is InChI=1S/C11H15N3O2S/c1-14(2)10(12)11(15)13-17-9-6-4-8(16-3)5-7-9/h4-7,12H,1-3H3,(H,13,15). The zero-order valence-corrected chi connectivity index (χ0v) is 10.8. The lowest BCUT2D eigenvalue weighted by Gasteiger charge is -2.12. The van der Waals surface area contributed by atoms with Gasteiger partial charge < -0.3 is 9.64 Å². The molecule has 5 nitrogen and oxygen atoms in total. The molecule has 0 aliphatic carbocycles. The number of nitrogens with zero attached hydrogens (tertiary/aromatic N) is 1. The van der Waals surface area contributed by atoms with Crippen LogP contribution in [0.1, 0.15) is 0 Å². The third-order valence-electron chi connectivity index (χ3n) is 1.98. The number of carbonyl (C=O) groups excluding carboxylic acids is 1. The zero-order valence-electron chi connectivity index (χ0n) is 9.98. The molecule has 1 aromatic carbocycles. The Bertz CT molecular complexity index is 404. The number of carbonyl (C=O) groups is 1. The van der Waals surface area contributed by atoms with Crippen molar-refractivity contribution in [2.24, 2.45) is 0 Å². The maximum Gasteiger partial charge on any atom is 0.296 e. The van der Waals surface area contributed by atoms with E-state index < -0.39 is 5.91 Å². The molecule has 1 amide bonds. The van der Waals surface area contributed by atoms with E-state index in [0.717, 1.165) is 10.6 Å². The van der Waals surface area contributed by atoms with E-state index in [0.29, 0.717) is 0 Å². The van der Waals surface area contributed by atoms with E-state index in [9.17, 15) is 4.79 Å². The molecule has 1 rings (SSSR count). The van der Waals surface area contributed by atoms with Crippen LogP contribution in [0, 0.1) is 5.41 Å². The molecule has 0 saturated carbocycles. The van der Waals surface area contributed by atoms with Crippen LogP contribution < -0.4 is 9.46 Å². The van der Waals surface area contributed by atoms with Crippen LogP contribution in [0.2, 0.25) is 0 Å². The number of methoxy groups -OCH3 is 1. The van der Waals surface area contributed by atoms with Crippen molar-refractivity contribution in [2.75, 3.05) is 21.2 Å². The molecule has 0 aliphatic heterocycles. The molecule has 0 heterocycles. The molecule has 0 fully saturated rings. The third kappa shape index (κ3) is 3.99. The topological polar surface area (TPSA) is 65.4 Å². The summed E-state index contributed by atoms with van der Waals surface area (Å²) in [6.07, 6.45) is 0. The van der Waals surface area contributed by atoms with Gasteiger partial charge in [-0.25, -0.2) is 0 Å². The fourth-order valence-corrected chi connectivity index (χ4v) is 1.58. The molecule has 0 saturated heterocycles. The number of hydrogen-bond donors (Lipinski definition) is 2. The summed E-state index contributed by atoms with van der Waals surface area (Å²) in [5.74, 6) is 0.267. The van der Waals surface area contributed by atoms with Crippen LogP contribution in [-0.2, 0) is 4.79 Å². The number of benzene rings is 1. The van der Waals surface area contributed by atoms with Crippen molar-refractivity contribution >= 4 is 23.7 Å². The molecular weight excluding hydrogens is 238 g/mol. The van der Waals surface area contributed by atoms with E-state index in [1.54, 1.807) is 21.2 Å². The molecule has 2 N–H and O–H groups in total. The number of hydrogen-bond acceptors (Lipinski definition) is 4. The van der Waals surface area contributed by atoms with Crippen LogP contribution in [0.3, 0.4) is 0 Å². The SMILES string of the molecule is COc1ccc(SNC(=O)C(=N)N(C)C)cc1. The number of rotatable bonds is 3. The van der Waals surface area contributed by atoms with Gasteiger partial charge in [0, 0.05) is 19.0 Å². The molecule has 17 heavy (non-hydrogen) atoms. The highest BCUT2D eigenvalue weighted by Gasteiger charge is 2.10. The van der Waals surface area contributed by atoms with E-state index in [1.807, 2.05) is 24.3 Å². The van der Waals surface area contributed by atoms with Crippen molar-refractivity contribution in [3.8, 4) is 5.75 Å². The van der Waals surface area contributed by atoms with Crippen molar-refractivity contribution in [3.05, 3.63) is 24.3 Å². The first kappa shape index (κ1) is 13.4. The summed E-state index contributed by atoms with van der Waals surface area (Å²) in [6.45, 7) is 0. The van der Waals surface area contributed by atoms with Gasteiger partial charge in [0.25, 0.3) is 5.91 Å². The second-order valence-electron chi connectivity index (χ2n) is 3.45. The summed E-state index contributed by atoms with van der Waals surface area (Å²) >= 11 is 1.17. The number of likely N-dealkylation sites (N-methyl/N-ethyl adjacent to an activating group) is 1. The minimum atomic E-state index is -0.421. The Kier molecular flexibility index (Phi) is 4.84. The quantitative estimate of drug-likeness (QED) is 0.485. The molecule has 0 aromatic heterocycles. The highest BCUT2D eigenvalue weighted by molar-refractivity contribution is 7.98. The average molecular weight is 253 g/mol. The lowest BCUT2D eigenvalue weighted by atomic mass is 10.3. The fourth-order valence-electron chi connectivity index (χ4n) is 1.00. The van der Waals surface area contributed by atoms with E-state index in [2.05, 4.69) is 4.72 Å². The number of amides is 1. The Morgan fingerprint density at radius 1 is 1.35 bits per heavy atom. The highest BCUT2D eigenvalue weighted by Crippen LogP contribution is 2.18. The monoisotopic (exact) mass is 253 g/mol. The van der Waals surface area contributed by atoms with Gasteiger partial charge in [-0.1, -0.05) is 0 Å². The lowest BCUT2D eigenvalue weighted by Crippen LogP contribution is -2.35. The van der Waals surface area contributed by atoms with Crippen molar-refractivity contribution in [1.29, 1.82) is 5.41 Å². The minimum Gasteiger partial charge on any atom is -0.497 e. The third-order valence-corrected chi connectivity index (χ3v) is 2.78. The Morgan fingerprint density at radius 3 is 2.41 bits per heavy atom. The predicted octanol–water partition coefficient (Wildman–Crippen LogP) is 1.36. The summed E-state index contributed by atoms with van der Waals surface area (Å²) < 4.78 is 7.62. The number of ether oxygens (including phenoxy) is 1. The summed E-state index contributed by atoms with van der Waals surface area (Å²) in [5.41, 5.74) is 0. The van der Waals surface area contributed by atoms with Gasteiger partial charge in [-0.2, -0.15) is 0 Å². The number of amidine groups is 1. The van der Waals surface area contributed by atoms with Gasteiger partial charge >= 0.3 is 0 Å². The van der Waals surface area contributed by atoms with Gasteiger partial charge in [-0.3, -0.25) is 14.9 Å². The summed E-state index contributed by atoms with van der Waals surface area (Å²) in [4.78, 5) is 13.8. The van der Waals surface area contributed by atoms with E-state index in [-0.39, 0.29) is 5.84 Å². The smallest absolute Gasteiger partial charge is 0.296 e. The first-order chi connectivity index (χ1) is 8.04. The molecule has 92 valence electrons. The van der Waals surface area contributed by atoms with Crippen LogP contribution in [-0.4, -0.2) is 37.8 Å². The molecule has 1 aromatic rings. The van der Waals surface area contributed by atoms with Gasteiger partial charge in [0.15, 0.2) is 5.84 Å². The van der Waals surface area contributed by atoms with Crippen LogP contribution in [0.4, 0.5) is 0 Å². The van der Waals surface area contributed by atoms with Gasteiger partial charge in [0.1, 0.15) is 5.75 Å². The Labute approximate surface area is 105 Å². The minimum absolute atomic E-state index is 0.0778. The van der Waals surface area contributed by atoms with Gasteiger partial charge in [0.05, 0.1) is 7.11 Å². The molecule has 0 atom stereocenters. The largest absolute Gasteiger partial charge is 0.497 e. The fraction of sp³-hybridized carbons (Fsp3) is 0.273. The maximum atomic E-state index is 11.5. The molecule has 0 bridgehead atoms.